The van der Waals surface area contributed by atoms with E-state index in [0.29, 0.717) is 0 Å². The third-order valence-corrected chi connectivity index (χ3v) is 7.35. The van der Waals surface area contributed by atoms with Crippen LogP contribution in [0.15, 0.2) is 60.7 Å². The molecule has 2 aromatic rings. The van der Waals surface area contributed by atoms with Gasteiger partial charge in [0.1, 0.15) is 0 Å². The zero-order chi connectivity index (χ0) is 16.8. The average Bonchev–Trinajstić information content (AvgIpc) is 2.62. The molecule has 0 bridgehead atoms. The summed E-state index contributed by atoms with van der Waals surface area (Å²) in [6.45, 7) is 3.86. The average molecular weight is 348 g/mol. The lowest BCUT2D eigenvalue weighted by molar-refractivity contribution is 1.08. The monoisotopic (exact) mass is 348 g/mol. The van der Waals surface area contributed by atoms with Gasteiger partial charge in [-0.2, -0.15) is 0 Å². The second-order valence-electron chi connectivity index (χ2n) is 5.19. The van der Waals surface area contributed by atoms with Crippen LogP contribution in [-0.4, -0.2) is 31.6 Å². The van der Waals surface area contributed by atoms with Gasteiger partial charge in [0.15, 0.2) is 0 Å². The van der Waals surface area contributed by atoms with E-state index in [0.717, 1.165) is 27.8 Å². The normalized spacial score (nSPS) is 12.0. The molecule has 0 spiro atoms. The Labute approximate surface area is 144 Å². The molecular weight excluding hydrogens is 318 g/mol. The maximum Gasteiger partial charge on any atom is -0.00348 e. The topological polar surface area (TPSA) is 52.0 Å². The van der Waals surface area contributed by atoms with E-state index >= 15 is 0 Å². The molecule has 126 valence electrons. The third-order valence-electron chi connectivity index (χ3n) is 3.26. The van der Waals surface area contributed by atoms with Crippen LogP contribution in [0.4, 0.5) is 0 Å². The van der Waals surface area contributed by atoms with Crippen LogP contribution < -0.4 is 22.1 Å². The molecule has 2 unspecified atom stereocenters. The quantitative estimate of drug-likeness (QED) is 0.720. The molecule has 0 radical (unpaired) electrons. The first-order valence-electron chi connectivity index (χ1n) is 8.30. The Hall–Kier alpha value is -0.780. The molecular formula is C19H30N2P2. The highest BCUT2D eigenvalue weighted by Crippen LogP contribution is 2.33. The minimum Gasteiger partial charge on any atom is -0.330 e. The molecule has 0 saturated carbocycles. The standard InChI is InChI=1S/C11H18NP.C8H12NP/c1-2-9-13(10-8-12)11-6-4-3-5-7-11;9-6-7-10-8-4-2-1-3-5-8/h3-7H,2,8-10,12H2,1H3;1-5,10H,6-7,9H2. The molecule has 0 aliphatic heterocycles. The third kappa shape index (κ3) is 9.18. The zero-order valence-corrected chi connectivity index (χ0v) is 16.0. The van der Waals surface area contributed by atoms with Gasteiger partial charge in [0.05, 0.1) is 0 Å². The fourth-order valence-corrected chi connectivity index (χ4v) is 5.25. The first-order chi connectivity index (χ1) is 11.3. The summed E-state index contributed by atoms with van der Waals surface area (Å²) in [6, 6.07) is 21.3. The highest BCUT2D eigenvalue weighted by atomic mass is 31.1. The van der Waals surface area contributed by atoms with E-state index in [1.54, 1.807) is 0 Å². The van der Waals surface area contributed by atoms with Crippen LogP contribution in [0.1, 0.15) is 13.3 Å². The summed E-state index contributed by atoms with van der Waals surface area (Å²) in [4.78, 5) is 0. The van der Waals surface area contributed by atoms with Gasteiger partial charge in [-0.05, 0) is 42.2 Å². The van der Waals surface area contributed by atoms with Gasteiger partial charge in [-0.15, -0.1) is 0 Å². The summed E-state index contributed by atoms with van der Waals surface area (Å²) in [6.07, 6.45) is 4.87. The largest absolute Gasteiger partial charge is 0.330 e. The first-order valence-corrected chi connectivity index (χ1v) is 11.2. The number of hydrogen-bond donors (Lipinski definition) is 2. The van der Waals surface area contributed by atoms with Gasteiger partial charge in [0, 0.05) is 0 Å². The van der Waals surface area contributed by atoms with Gasteiger partial charge in [0.2, 0.25) is 0 Å². The minimum absolute atomic E-state index is 0.0190. The van der Waals surface area contributed by atoms with Crippen molar-refractivity contribution in [1.29, 1.82) is 0 Å². The van der Waals surface area contributed by atoms with Crippen LogP contribution in [0, 0.1) is 0 Å². The smallest absolute Gasteiger partial charge is 0.00348 e. The molecule has 0 aliphatic carbocycles. The van der Waals surface area contributed by atoms with Crippen LogP contribution in [0.5, 0.6) is 0 Å². The molecule has 4 heteroatoms. The lowest BCUT2D eigenvalue weighted by Gasteiger charge is -2.15. The van der Waals surface area contributed by atoms with E-state index in [1.807, 2.05) is 6.07 Å². The molecule has 2 aromatic carbocycles. The van der Waals surface area contributed by atoms with Crippen molar-refractivity contribution in [3.8, 4) is 0 Å². The minimum atomic E-state index is 0.0190. The van der Waals surface area contributed by atoms with Crippen LogP contribution in [0.2, 0.25) is 0 Å². The zero-order valence-electron chi connectivity index (χ0n) is 14.1. The van der Waals surface area contributed by atoms with E-state index in [9.17, 15) is 0 Å². The van der Waals surface area contributed by atoms with Crippen LogP contribution in [-0.2, 0) is 0 Å². The summed E-state index contributed by atoms with van der Waals surface area (Å²) >= 11 is 0. The number of nitrogens with two attached hydrogens (primary N) is 2. The Morgan fingerprint density at radius 3 is 1.96 bits per heavy atom. The van der Waals surface area contributed by atoms with Crippen molar-refractivity contribution in [3.05, 3.63) is 60.7 Å². The highest BCUT2D eigenvalue weighted by molar-refractivity contribution is 7.65. The Bertz CT molecular complexity index is 485. The van der Waals surface area contributed by atoms with Crippen molar-refractivity contribution < 1.29 is 0 Å². The Morgan fingerprint density at radius 2 is 1.43 bits per heavy atom. The first kappa shape index (κ1) is 20.3. The second-order valence-corrected chi connectivity index (χ2v) is 9.11. The molecule has 0 heterocycles. The molecule has 0 aliphatic rings. The maximum absolute atomic E-state index is 5.61. The molecule has 0 fully saturated rings. The Morgan fingerprint density at radius 1 is 0.826 bits per heavy atom. The van der Waals surface area contributed by atoms with Crippen molar-refractivity contribution in [1.82, 2.24) is 0 Å². The number of hydrogen-bond acceptors (Lipinski definition) is 2. The SMILES string of the molecule is CCCP(CCN)c1ccccc1.NCCPc1ccccc1. The predicted molar refractivity (Wildman–Crippen MR) is 110 cm³/mol. The lowest BCUT2D eigenvalue weighted by Crippen LogP contribution is -2.12. The van der Waals surface area contributed by atoms with Crippen LogP contribution >= 0.6 is 16.5 Å². The van der Waals surface area contributed by atoms with Crippen LogP contribution in [0.3, 0.4) is 0 Å². The lowest BCUT2D eigenvalue weighted by atomic mass is 10.4. The summed E-state index contributed by atoms with van der Waals surface area (Å²) < 4.78 is 0. The highest BCUT2D eigenvalue weighted by Gasteiger charge is 2.07. The number of benzene rings is 2. The molecule has 23 heavy (non-hydrogen) atoms. The van der Waals surface area contributed by atoms with Gasteiger partial charge in [-0.25, -0.2) is 0 Å². The fraction of sp³-hybridized carbons (Fsp3) is 0.368. The molecule has 0 saturated heterocycles. The van der Waals surface area contributed by atoms with Gasteiger partial charge >= 0.3 is 0 Å². The Kier molecular flexibility index (Phi) is 12.0. The summed E-state index contributed by atoms with van der Waals surface area (Å²) in [5.41, 5.74) is 11.0. The maximum atomic E-state index is 5.61. The van der Waals surface area contributed by atoms with Gasteiger partial charge in [-0.1, -0.05) is 90.5 Å². The van der Waals surface area contributed by atoms with E-state index in [4.69, 9.17) is 11.5 Å². The fourth-order valence-electron chi connectivity index (χ4n) is 2.21. The number of rotatable bonds is 8. The molecule has 2 rings (SSSR count). The molecule has 0 aromatic heterocycles. The molecule has 2 atom stereocenters. The summed E-state index contributed by atoms with van der Waals surface area (Å²) in [7, 11) is 0.899. The predicted octanol–water partition coefficient (Wildman–Crippen LogP) is 3.11. The second kappa shape index (κ2) is 13.6. The van der Waals surface area contributed by atoms with Crippen molar-refractivity contribution >= 4 is 27.1 Å². The Balaban J connectivity index is 0.000000238. The van der Waals surface area contributed by atoms with Crippen molar-refractivity contribution in [3.63, 3.8) is 0 Å². The van der Waals surface area contributed by atoms with Crippen molar-refractivity contribution in [2.75, 3.05) is 31.6 Å². The van der Waals surface area contributed by atoms with E-state index < -0.39 is 0 Å². The van der Waals surface area contributed by atoms with Gasteiger partial charge in [0.25, 0.3) is 0 Å². The molecule has 4 N–H and O–H groups in total. The molecule has 0 amide bonds. The van der Waals surface area contributed by atoms with E-state index in [1.165, 1.54) is 29.4 Å². The van der Waals surface area contributed by atoms with E-state index in [2.05, 4.69) is 61.5 Å². The van der Waals surface area contributed by atoms with E-state index in [-0.39, 0.29) is 7.92 Å². The van der Waals surface area contributed by atoms with Crippen molar-refractivity contribution in [2.24, 2.45) is 11.5 Å². The van der Waals surface area contributed by atoms with Gasteiger partial charge < -0.3 is 11.5 Å². The van der Waals surface area contributed by atoms with Crippen molar-refractivity contribution in [2.45, 2.75) is 13.3 Å². The molecule has 2 nitrogen and oxygen atoms in total. The van der Waals surface area contributed by atoms with Gasteiger partial charge in [-0.3, -0.25) is 0 Å². The summed E-state index contributed by atoms with van der Waals surface area (Å²) in [5.74, 6) is 0. The van der Waals surface area contributed by atoms with Crippen LogP contribution in [0.25, 0.3) is 0 Å². The summed E-state index contributed by atoms with van der Waals surface area (Å²) in [5, 5.41) is 2.91.